The smallest absolute Gasteiger partial charge is 0.200 e. The Labute approximate surface area is 143 Å². The lowest BCUT2D eigenvalue weighted by atomic mass is 10.0. The molecule has 25 heavy (non-hydrogen) atoms. The van der Waals surface area contributed by atoms with Crippen LogP contribution >= 0.6 is 0 Å². The molecule has 4 rings (SSSR count). The van der Waals surface area contributed by atoms with Crippen molar-refractivity contribution in [1.82, 2.24) is 0 Å². The fourth-order valence-corrected chi connectivity index (χ4v) is 3.30. The summed E-state index contributed by atoms with van der Waals surface area (Å²) >= 11 is 0. The fourth-order valence-electron chi connectivity index (χ4n) is 3.30. The zero-order chi connectivity index (χ0) is 17.7. The first kappa shape index (κ1) is 15.3. The van der Waals surface area contributed by atoms with Crippen LogP contribution in [0.2, 0.25) is 0 Å². The van der Waals surface area contributed by atoms with Crippen LogP contribution < -0.4 is 5.43 Å². The van der Waals surface area contributed by atoms with Gasteiger partial charge in [-0.1, -0.05) is 30.3 Å². The van der Waals surface area contributed by atoms with Crippen molar-refractivity contribution in [3.8, 4) is 0 Å². The molecule has 0 fully saturated rings. The molecule has 0 bridgehead atoms. The molecule has 3 aromatic rings. The van der Waals surface area contributed by atoms with Crippen LogP contribution in [0.25, 0.3) is 17.0 Å². The Balaban J connectivity index is 1.91. The van der Waals surface area contributed by atoms with Crippen LogP contribution in [0.15, 0.2) is 57.4 Å². The van der Waals surface area contributed by atoms with E-state index in [4.69, 9.17) is 4.42 Å². The number of hydrogen-bond acceptors (Lipinski definition) is 4. The van der Waals surface area contributed by atoms with Crippen molar-refractivity contribution in [2.45, 2.75) is 13.8 Å². The van der Waals surface area contributed by atoms with Crippen molar-refractivity contribution in [2.24, 2.45) is 0 Å². The summed E-state index contributed by atoms with van der Waals surface area (Å²) in [5.41, 5.74) is 2.99. The van der Waals surface area contributed by atoms with E-state index in [1.54, 1.807) is 30.3 Å². The van der Waals surface area contributed by atoms with Crippen LogP contribution in [0, 0.1) is 13.8 Å². The van der Waals surface area contributed by atoms with Crippen LogP contribution in [0.3, 0.4) is 0 Å². The van der Waals surface area contributed by atoms with Crippen LogP contribution in [0.4, 0.5) is 0 Å². The van der Waals surface area contributed by atoms with E-state index in [9.17, 15) is 14.4 Å². The van der Waals surface area contributed by atoms with E-state index in [0.29, 0.717) is 22.1 Å². The van der Waals surface area contributed by atoms with Crippen molar-refractivity contribution in [3.63, 3.8) is 0 Å². The van der Waals surface area contributed by atoms with E-state index in [0.717, 1.165) is 11.1 Å². The van der Waals surface area contributed by atoms with E-state index in [1.165, 1.54) is 12.3 Å². The fraction of sp³-hybridized carbons (Fsp3) is 0.0952. The Bertz CT molecular complexity index is 1130. The normalized spacial score (nSPS) is 13.4. The van der Waals surface area contributed by atoms with Crippen LogP contribution in [-0.4, -0.2) is 11.6 Å². The van der Waals surface area contributed by atoms with Crippen LogP contribution in [0.1, 0.15) is 37.4 Å². The third-order valence-corrected chi connectivity index (χ3v) is 4.45. The highest BCUT2D eigenvalue weighted by atomic mass is 16.3. The molecule has 1 aliphatic carbocycles. The molecule has 0 N–H and O–H groups in total. The number of allylic oxidation sites excluding steroid dienone is 1. The molecule has 1 aromatic heterocycles. The zero-order valence-corrected chi connectivity index (χ0v) is 13.8. The number of carbonyl (C=O) groups excluding carboxylic acids is 2. The van der Waals surface area contributed by atoms with Gasteiger partial charge in [-0.05, 0) is 37.1 Å². The first-order chi connectivity index (χ1) is 12.0. The zero-order valence-electron chi connectivity index (χ0n) is 13.8. The average molecular weight is 330 g/mol. The number of ketones is 2. The Kier molecular flexibility index (Phi) is 3.29. The topological polar surface area (TPSA) is 64.3 Å². The third kappa shape index (κ3) is 2.26. The Hall–Kier alpha value is -3.27. The summed E-state index contributed by atoms with van der Waals surface area (Å²) in [6.07, 6.45) is 2.65. The summed E-state index contributed by atoms with van der Waals surface area (Å²) in [5, 5.41) is 0.468. The lowest BCUT2D eigenvalue weighted by Gasteiger charge is -2.04. The van der Waals surface area contributed by atoms with Crippen LogP contribution in [0.5, 0.6) is 0 Å². The summed E-state index contributed by atoms with van der Waals surface area (Å²) in [5.74, 6) is -0.721. The van der Waals surface area contributed by atoms with Gasteiger partial charge in [-0.25, -0.2) is 0 Å². The number of aryl methyl sites for hydroxylation is 2. The van der Waals surface area contributed by atoms with Gasteiger partial charge in [-0.15, -0.1) is 0 Å². The van der Waals surface area contributed by atoms with Gasteiger partial charge in [-0.3, -0.25) is 14.4 Å². The molecule has 0 unspecified atom stereocenters. The van der Waals surface area contributed by atoms with Gasteiger partial charge in [-0.2, -0.15) is 0 Å². The number of carbonyl (C=O) groups is 2. The lowest BCUT2D eigenvalue weighted by Crippen LogP contribution is -2.09. The monoisotopic (exact) mass is 330 g/mol. The highest BCUT2D eigenvalue weighted by molar-refractivity contribution is 6.41. The number of Topliss-reactive ketones (excluding diaryl/α,β-unsaturated/α-hetero) is 2. The van der Waals surface area contributed by atoms with Crippen molar-refractivity contribution < 1.29 is 14.0 Å². The molecule has 0 saturated carbocycles. The third-order valence-electron chi connectivity index (χ3n) is 4.45. The molecule has 0 amide bonds. The molecule has 2 aromatic carbocycles. The molecular weight excluding hydrogens is 316 g/mol. The Morgan fingerprint density at radius 3 is 2.20 bits per heavy atom. The summed E-state index contributed by atoms with van der Waals surface area (Å²) in [4.78, 5) is 37.8. The second-order valence-corrected chi connectivity index (χ2v) is 6.24. The van der Waals surface area contributed by atoms with E-state index < -0.39 is 0 Å². The molecule has 0 saturated heterocycles. The Morgan fingerprint density at radius 1 is 0.920 bits per heavy atom. The molecular formula is C21H14O4. The minimum atomic E-state index is -0.360. The SMILES string of the molecule is Cc1cc(C)c2c(=O)c(C=C3C(=O)c4ccccc4C3=O)coc2c1. The maximum absolute atomic E-state index is 12.8. The van der Waals surface area contributed by atoms with Gasteiger partial charge in [0.25, 0.3) is 0 Å². The summed E-state index contributed by atoms with van der Waals surface area (Å²) in [6.45, 7) is 3.76. The minimum Gasteiger partial charge on any atom is -0.463 e. The molecule has 0 spiro atoms. The summed E-state index contributed by atoms with van der Waals surface area (Å²) < 4.78 is 5.58. The van der Waals surface area contributed by atoms with Crippen molar-refractivity contribution in [3.05, 3.63) is 86.3 Å². The molecule has 0 radical (unpaired) electrons. The van der Waals surface area contributed by atoms with E-state index >= 15 is 0 Å². The second-order valence-electron chi connectivity index (χ2n) is 6.24. The van der Waals surface area contributed by atoms with Gasteiger partial charge < -0.3 is 4.42 Å². The number of hydrogen-bond donors (Lipinski definition) is 0. The predicted octanol–water partition coefficient (Wildman–Crippen LogP) is 3.87. The summed E-state index contributed by atoms with van der Waals surface area (Å²) in [6, 6.07) is 10.4. The van der Waals surface area contributed by atoms with Crippen molar-refractivity contribution in [1.29, 1.82) is 0 Å². The molecule has 4 heteroatoms. The maximum atomic E-state index is 12.8. The maximum Gasteiger partial charge on any atom is 0.200 e. The highest BCUT2D eigenvalue weighted by Gasteiger charge is 2.32. The Morgan fingerprint density at radius 2 is 1.56 bits per heavy atom. The molecule has 0 aliphatic heterocycles. The molecule has 1 heterocycles. The van der Waals surface area contributed by atoms with Gasteiger partial charge in [0.2, 0.25) is 0 Å². The predicted molar refractivity (Wildman–Crippen MR) is 95.0 cm³/mol. The second kappa shape index (κ2) is 5.38. The number of benzene rings is 2. The largest absolute Gasteiger partial charge is 0.463 e. The molecule has 4 nitrogen and oxygen atoms in total. The number of rotatable bonds is 1. The first-order valence-corrected chi connectivity index (χ1v) is 7.90. The van der Waals surface area contributed by atoms with Gasteiger partial charge in [0.15, 0.2) is 17.0 Å². The van der Waals surface area contributed by atoms with Gasteiger partial charge in [0, 0.05) is 11.1 Å². The highest BCUT2D eigenvalue weighted by Crippen LogP contribution is 2.27. The van der Waals surface area contributed by atoms with Gasteiger partial charge in [0.05, 0.1) is 16.5 Å². The van der Waals surface area contributed by atoms with E-state index in [2.05, 4.69) is 0 Å². The molecule has 0 atom stereocenters. The molecule has 122 valence electrons. The summed E-state index contributed by atoms with van der Waals surface area (Å²) in [7, 11) is 0. The van der Waals surface area contributed by atoms with Gasteiger partial charge in [0.1, 0.15) is 11.8 Å². The van der Waals surface area contributed by atoms with Crippen molar-refractivity contribution >= 4 is 28.6 Å². The van der Waals surface area contributed by atoms with E-state index in [1.807, 2.05) is 19.9 Å². The average Bonchev–Trinajstić information content (AvgIpc) is 2.82. The number of fused-ring (bicyclic) bond motifs is 2. The first-order valence-electron chi connectivity index (χ1n) is 7.90. The molecule has 1 aliphatic rings. The lowest BCUT2D eigenvalue weighted by molar-refractivity contribution is 0.0990. The van der Waals surface area contributed by atoms with Gasteiger partial charge >= 0.3 is 0 Å². The van der Waals surface area contributed by atoms with Crippen LogP contribution in [-0.2, 0) is 0 Å². The minimum absolute atomic E-state index is 0.00221. The van der Waals surface area contributed by atoms with E-state index in [-0.39, 0.29) is 28.1 Å². The van der Waals surface area contributed by atoms with Crippen molar-refractivity contribution in [2.75, 3.05) is 0 Å². The quantitative estimate of drug-likeness (QED) is 0.502. The standard InChI is InChI=1S/C21H14O4/c1-11-7-12(2)18-17(8-11)25-10-13(19(18)22)9-16-20(23)14-5-3-4-6-15(14)21(16)24/h3-10H,1-2H3.